The van der Waals surface area contributed by atoms with Crippen LogP contribution < -0.4 is 0 Å². The molecule has 0 radical (unpaired) electrons. The van der Waals surface area contributed by atoms with E-state index in [-0.39, 0.29) is 35.8 Å². The molecule has 33 heavy (non-hydrogen) atoms. The SMILES string of the molecule is CC1=[C-]C(C)C(C)=C1C.C[Si](C)=[Zr+2].Cl.Cl.Fc1ccc(F)c(-c2c[cH-]c3ccccc23)c1F. The van der Waals surface area contributed by atoms with Crippen LogP contribution in [0.15, 0.2) is 65.3 Å². The van der Waals surface area contributed by atoms with Crippen LogP contribution in [0.2, 0.25) is 13.1 Å². The number of fused-ring (bicyclic) bond motifs is 1. The minimum atomic E-state index is -1.15. The fourth-order valence-electron chi connectivity index (χ4n) is 3.30. The van der Waals surface area contributed by atoms with Crippen molar-refractivity contribution in [3.05, 3.63) is 88.8 Å². The van der Waals surface area contributed by atoms with Gasteiger partial charge in [-0.25, -0.2) is 18.7 Å². The first kappa shape index (κ1) is 32.0. The normalized spacial score (nSPS) is 14.3. The van der Waals surface area contributed by atoms with Crippen LogP contribution in [0.3, 0.4) is 0 Å². The second kappa shape index (κ2) is 14.4. The van der Waals surface area contributed by atoms with Crippen LogP contribution in [0.1, 0.15) is 27.7 Å². The monoisotopic (exact) mass is 586 g/mol. The molecule has 0 aliphatic heterocycles. The predicted molar refractivity (Wildman–Crippen MR) is 137 cm³/mol. The number of benzene rings is 2. The van der Waals surface area contributed by atoms with Crippen LogP contribution in [0.5, 0.6) is 0 Å². The molecule has 4 rings (SSSR count). The van der Waals surface area contributed by atoms with Crippen LogP contribution >= 0.6 is 24.8 Å². The van der Waals surface area contributed by atoms with Gasteiger partial charge in [-0.1, -0.05) is 32.8 Å². The molecule has 0 bridgehead atoms. The van der Waals surface area contributed by atoms with E-state index in [0.717, 1.165) is 17.5 Å². The van der Waals surface area contributed by atoms with Gasteiger partial charge in [-0.3, -0.25) is 6.08 Å². The van der Waals surface area contributed by atoms with Crippen LogP contribution in [0.4, 0.5) is 13.2 Å². The second-order valence-corrected chi connectivity index (χ2v) is 17.2. The molecule has 0 aromatic heterocycles. The summed E-state index contributed by atoms with van der Waals surface area (Å²) in [5.41, 5.74) is 4.52. The molecule has 3 aromatic rings. The third kappa shape index (κ3) is 8.31. The first-order valence-corrected chi connectivity index (χ1v) is 16.3. The van der Waals surface area contributed by atoms with Gasteiger partial charge in [-0.15, -0.1) is 78.4 Å². The van der Waals surface area contributed by atoms with Crippen molar-refractivity contribution in [3.63, 3.8) is 0 Å². The van der Waals surface area contributed by atoms with Crippen molar-refractivity contribution in [1.29, 1.82) is 0 Å². The summed E-state index contributed by atoms with van der Waals surface area (Å²) in [6, 6.07) is 12.3. The Bertz CT molecular complexity index is 1160. The average molecular weight is 589 g/mol. The first-order chi connectivity index (χ1) is 14.5. The fourth-order valence-corrected chi connectivity index (χ4v) is 3.30. The standard InChI is InChI=1S/C15H8F3.C9H13.C2H6Si.2ClH.Zr/c16-12-7-8-13(17)15(18)14(12)11-6-5-9-3-1-2-4-10(9)11;1-6-5-7(2)9(4)8(6)3;1-3-2;;;/h1-8H;6H,1-4H3;1-2H3;2*1H;/q2*-1;;;;+2. The summed E-state index contributed by atoms with van der Waals surface area (Å²) in [5, 5.41) is 1.58. The summed E-state index contributed by atoms with van der Waals surface area (Å²) in [6.45, 7) is 13.3. The van der Waals surface area contributed by atoms with Crippen molar-refractivity contribution < 1.29 is 36.5 Å². The molecular formula is C26H29Cl2F3SiZr. The summed E-state index contributed by atoms with van der Waals surface area (Å²) < 4.78 is 40.7. The van der Waals surface area contributed by atoms with Crippen molar-refractivity contribution in [2.75, 3.05) is 0 Å². The molecule has 0 amide bonds. The molecule has 0 N–H and O–H groups in total. The molecule has 3 aromatic carbocycles. The summed E-state index contributed by atoms with van der Waals surface area (Å²) in [5.74, 6) is -2.39. The summed E-state index contributed by atoms with van der Waals surface area (Å²) in [4.78, 5) is 0. The Balaban J connectivity index is 0.000000580. The Morgan fingerprint density at radius 1 is 0.939 bits per heavy atom. The molecule has 1 atom stereocenters. The third-order valence-electron chi connectivity index (χ3n) is 5.23. The molecule has 1 unspecified atom stereocenters. The molecule has 1 aliphatic carbocycles. The Morgan fingerprint density at radius 3 is 1.97 bits per heavy atom. The van der Waals surface area contributed by atoms with Crippen LogP contribution in [0, 0.1) is 29.4 Å². The van der Waals surface area contributed by atoms with Crippen molar-refractivity contribution in [1.82, 2.24) is 0 Å². The van der Waals surface area contributed by atoms with Gasteiger partial charge in [0.05, 0.1) is 0 Å². The van der Waals surface area contributed by atoms with E-state index in [1.807, 2.05) is 12.1 Å². The van der Waals surface area contributed by atoms with Gasteiger partial charge in [0.1, 0.15) is 5.82 Å². The number of halogens is 5. The van der Waals surface area contributed by atoms with E-state index in [1.54, 1.807) is 47.6 Å². The zero-order valence-electron chi connectivity index (χ0n) is 19.6. The van der Waals surface area contributed by atoms with E-state index in [1.165, 1.54) is 16.7 Å². The molecule has 176 valence electrons. The zero-order chi connectivity index (χ0) is 23.3. The smallest absolute Gasteiger partial charge is 0.159 e. The van der Waals surface area contributed by atoms with Gasteiger partial charge in [0.2, 0.25) is 0 Å². The maximum absolute atomic E-state index is 13.7. The maximum Gasteiger partial charge on any atom is 0.159 e. The average Bonchev–Trinajstić information content (AvgIpc) is 3.22. The predicted octanol–water partition coefficient (Wildman–Crippen LogP) is 8.99. The van der Waals surface area contributed by atoms with Gasteiger partial charge in [-0.2, -0.15) is 11.1 Å². The Kier molecular flexibility index (Phi) is 14.0. The van der Waals surface area contributed by atoms with Gasteiger partial charge < -0.3 is 0 Å². The van der Waals surface area contributed by atoms with Crippen molar-refractivity contribution in [3.8, 4) is 11.1 Å². The quantitative estimate of drug-likeness (QED) is 0.151. The molecule has 1 aliphatic rings. The van der Waals surface area contributed by atoms with Gasteiger partial charge in [-0.05, 0) is 12.1 Å². The minimum Gasteiger partial charge on any atom is -0.207 e. The molecule has 7 heteroatoms. The number of allylic oxidation sites excluding steroid dienone is 4. The first-order valence-electron chi connectivity index (χ1n) is 10.1. The Labute approximate surface area is 222 Å². The van der Waals surface area contributed by atoms with Gasteiger partial charge in [0.25, 0.3) is 0 Å². The summed E-state index contributed by atoms with van der Waals surface area (Å²) in [6.07, 6.45) is 3.36. The minimum absolute atomic E-state index is 0. The number of hydrogen-bond donors (Lipinski definition) is 0. The molecule has 0 nitrogen and oxygen atoms in total. The number of rotatable bonds is 1. The van der Waals surface area contributed by atoms with Gasteiger partial charge in [0.15, 0.2) is 11.6 Å². The summed E-state index contributed by atoms with van der Waals surface area (Å²) in [7, 11) is 0. The Hall–Kier alpha value is -1.00. The Morgan fingerprint density at radius 2 is 1.48 bits per heavy atom. The van der Waals surface area contributed by atoms with E-state index < -0.39 is 17.5 Å². The third-order valence-corrected chi connectivity index (χ3v) is 5.23. The number of hydrogen-bond acceptors (Lipinski definition) is 0. The molecule has 0 fully saturated rings. The molecular weight excluding hydrogens is 559 g/mol. The molecule has 0 saturated carbocycles. The van der Waals surface area contributed by atoms with Gasteiger partial charge >= 0.3 is 41.9 Å². The van der Waals surface area contributed by atoms with Crippen LogP contribution in [-0.4, -0.2) is 5.43 Å². The molecule has 0 heterocycles. The topological polar surface area (TPSA) is 0 Å². The van der Waals surface area contributed by atoms with Crippen molar-refractivity contribution in [2.24, 2.45) is 5.92 Å². The van der Waals surface area contributed by atoms with E-state index in [4.69, 9.17) is 0 Å². The molecule has 0 spiro atoms. The molecule has 0 saturated heterocycles. The second-order valence-electron chi connectivity index (χ2n) is 7.85. The van der Waals surface area contributed by atoms with Crippen LogP contribution in [-0.2, 0) is 23.3 Å². The van der Waals surface area contributed by atoms with E-state index in [9.17, 15) is 13.2 Å². The van der Waals surface area contributed by atoms with Gasteiger partial charge in [0, 0.05) is 5.56 Å². The summed E-state index contributed by atoms with van der Waals surface area (Å²) >= 11 is 1.74. The van der Waals surface area contributed by atoms with E-state index in [2.05, 4.69) is 46.9 Å². The fraction of sp³-hybridized carbons (Fsp3) is 0.269. The van der Waals surface area contributed by atoms with Crippen LogP contribution in [0.25, 0.3) is 21.9 Å². The van der Waals surface area contributed by atoms with Crippen molar-refractivity contribution in [2.45, 2.75) is 40.8 Å². The van der Waals surface area contributed by atoms with Crippen molar-refractivity contribution >= 4 is 41.0 Å². The van der Waals surface area contributed by atoms with E-state index >= 15 is 0 Å². The maximum atomic E-state index is 13.7. The largest absolute Gasteiger partial charge is 0.207 e. The zero-order valence-corrected chi connectivity index (χ0v) is 24.7. The van der Waals surface area contributed by atoms with E-state index in [0.29, 0.717) is 16.9 Å².